The highest BCUT2D eigenvalue weighted by atomic mass is 32.2. The molecule has 0 amide bonds. The zero-order valence-electron chi connectivity index (χ0n) is 10.2. The minimum atomic E-state index is -3.37. The molecule has 0 fully saturated rings. The summed E-state index contributed by atoms with van der Waals surface area (Å²) >= 11 is 1.55. The van der Waals surface area contributed by atoms with Crippen LogP contribution in [0.5, 0.6) is 0 Å². The molecule has 0 aliphatic carbocycles. The number of hydrogen-bond donors (Lipinski definition) is 1. The second-order valence-corrected chi connectivity index (χ2v) is 6.98. The molecule has 1 aromatic rings. The lowest BCUT2D eigenvalue weighted by molar-refractivity contribution is 0.388. The van der Waals surface area contributed by atoms with E-state index < -0.39 is 10.2 Å². The van der Waals surface area contributed by atoms with Gasteiger partial charge in [-0.05, 0) is 24.4 Å². The van der Waals surface area contributed by atoms with Gasteiger partial charge in [0.25, 0.3) is 10.2 Å². The Morgan fingerprint density at radius 2 is 2.06 bits per heavy atom. The van der Waals surface area contributed by atoms with Crippen LogP contribution in [0, 0.1) is 0 Å². The van der Waals surface area contributed by atoms with Crippen LogP contribution < -0.4 is 5.73 Å². The molecule has 1 aromatic heterocycles. The lowest BCUT2D eigenvalue weighted by atomic mass is 10.4. The van der Waals surface area contributed by atoms with Gasteiger partial charge in [-0.25, -0.2) is 0 Å². The molecule has 7 heteroatoms. The van der Waals surface area contributed by atoms with Crippen LogP contribution in [0.25, 0.3) is 0 Å². The number of rotatable bonds is 7. The molecule has 0 unspecified atom stereocenters. The van der Waals surface area contributed by atoms with Gasteiger partial charge in [-0.15, -0.1) is 11.3 Å². The summed E-state index contributed by atoms with van der Waals surface area (Å²) in [4.78, 5) is 1.03. The van der Waals surface area contributed by atoms with Crippen LogP contribution in [0.2, 0.25) is 0 Å². The van der Waals surface area contributed by atoms with E-state index in [1.807, 2.05) is 17.5 Å². The molecule has 0 saturated carbocycles. The summed E-state index contributed by atoms with van der Waals surface area (Å²) in [5, 5.41) is 1.94. The van der Waals surface area contributed by atoms with Crippen LogP contribution in [0.1, 0.15) is 11.3 Å². The second kappa shape index (κ2) is 6.46. The molecule has 1 heterocycles. The summed E-state index contributed by atoms with van der Waals surface area (Å²) in [7, 11) is -0.199. The maximum atomic E-state index is 12.1. The number of nitrogens with zero attached hydrogens (tertiary/aromatic N) is 2. The molecule has 0 spiro atoms. The van der Waals surface area contributed by atoms with Crippen LogP contribution >= 0.6 is 11.3 Å². The Balaban J connectivity index is 2.63. The van der Waals surface area contributed by atoms with Gasteiger partial charge in [0, 0.05) is 32.1 Å². The average molecular weight is 277 g/mol. The zero-order valence-corrected chi connectivity index (χ0v) is 11.8. The minimum Gasteiger partial charge on any atom is -0.330 e. The van der Waals surface area contributed by atoms with Gasteiger partial charge in [-0.1, -0.05) is 6.07 Å². The van der Waals surface area contributed by atoms with E-state index in [-0.39, 0.29) is 0 Å². The van der Waals surface area contributed by atoms with E-state index in [2.05, 4.69) is 0 Å². The Kier molecular flexibility index (Phi) is 5.54. The summed E-state index contributed by atoms with van der Waals surface area (Å²) in [5.41, 5.74) is 5.37. The molecule has 0 saturated heterocycles. The molecule has 1 rings (SSSR count). The fourth-order valence-electron chi connectivity index (χ4n) is 1.37. The summed E-state index contributed by atoms with van der Waals surface area (Å²) in [5.74, 6) is 0. The van der Waals surface area contributed by atoms with E-state index in [0.717, 1.165) is 4.88 Å². The molecule has 0 aliphatic heterocycles. The van der Waals surface area contributed by atoms with Crippen molar-refractivity contribution in [2.24, 2.45) is 5.73 Å². The molecule has 0 bridgehead atoms. The van der Waals surface area contributed by atoms with E-state index in [0.29, 0.717) is 26.1 Å². The molecule has 2 N–H and O–H groups in total. The Morgan fingerprint density at radius 1 is 1.35 bits per heavy atom. The molecule has 0 aromatic carbocycles. The largest absolute Gasteiger partial charge is 0.330 e. The van der Waals surface area contributed by atoms with Crippen molar-refractivity contribution >= 4 is 21.5 Å². The van der Waals surface area contributed by atoms with Crippen LogP contribution in [-0.4, -0.2) is 44.2 Å². The maximum Gasteiger partial charge on any atom is 0.281 e. The third kappa shape index (κ3) is 4.04. The average Bonchev–Trinajstić information content (AvgIpc) is 2.78. The molecular formula is C10H19N3O2S2. The normalized spacial score (nSPS) is 12.5. The van der Waals surface area contributed by atoms with E-state index >= 15 is 0 Å². The van der Waals surface area contributed by atoms with Gasteiger partial charge in [0.1, 0.15) is 0 Å². The van der Waals surface area contributed by atoms with Crippen molar-refractivity contribution in [3.8, 4) is 0 Å². The number of thiophene rings is 1. The zero-order chi connectivity index (χ0) is 12.9. The van der Waals surface area contributed by atoms with Crippen molar-refractivity contribution in [3.05, 3.63) is 22.4 Å². The molecule has 0 aliphatic rings. The van der Waals surface area contributed by atoms with Crippen molar-refractivity contribution in [1.82, 2.24) is 8.61 Å². The third-order valence-electron chi connectivity index (χ3n) is 2.42. The molecule has 0 atom stereocenters. The van der Waals surface area contributed by atoms with Gasteiger partial charge in [-0.3, -0.25) is 0 Å². The number of nitrogens with two attached hydrogens (primary N) is 1. The van der Waals surface area contributed by atoms with Crippen molar-refractivity contribution < 1.29 is 8.42 Å². The van der Waals surface area contributed by atoms with Gasteiger partial charge >= 0.3 is 0 Å². The monoisotopic (exact) mass is 277 g/mol. The first-order chi connectivity index (χ1) is 7.98. The van der Waals surface area contributed by atoms with Crippen molar-refractivity contribution in [2.45, 2.75) is 13.0 Å². The Labute approximate surface area is 107 Å². The van der Waals surface area contributed by atoms with Crippen LogP contribution in [0.3, 0.4) is 0 Å². The quantitative estimate of drug-likeness (QED) is 0.798. The first-order valence-corrected chi connectivity index (χ1v) is 7.66. The molecule has 5 nitrogen and oxygen atoms in total. The maximum absolute atomic E-state index is 12.1. The summed E-state index contributed by atoms with van der Waals surface area (Å²) in [6, 6.07) is 3.84. The SMILES string of the molecule is CN(CCCN)S(=O)(=O)N(C)Cc1cccs1. The first-order valence-electron chi connectivity index (χ1n) is 5.38. The van der Waals surface area contributed by atoms with Crippen molar-refractivity contribution in [2.75, 3.05) is 27.2 Å². The van der Waals surface area contributed by atoms with Gasteiger partial charge in [-0.2, -0.15) is 17.0 Å². The van der Waals surface area contributed by atoms with E-state index in [1.165, 1.54) is 8.61 Å². The molecule has 98 valence electrons. The van der Waals surface area contributed by atoms with Crippen LogP contribution in [0.4, 0.5) is 0 Å². The van der Waals surface area contributed by atoms with Crippen LogP contribution in [0.15, 0.2) is 17.5 Å². The Morgan fingerprint density at radius 3 is 2.59 bits per heavy atom. The van der Waals surface area contributed by atoms with Gasteiger partial charge < -0.3 is 5.73 Å². The van der Waals surface area contributed by atoms with E-state index in [9.17, 15) is 8.42 Å². The summed E-state index contributed by atoms with van der Waals surface area (Å²) in [6.45, 7) is 1.36. The summed E-state index contributed by atoms with van der Waals surface area (Å²) < 4.78 is 26.9. The third-order valence-corrected chi connectivity index (χ3v) is 5.17. The fourth-order valence-corrected chi connectivity index (χ4v) is 3.35. The van der Waals surface area contributed by atoms with Gasteiger partial charge in [0.15, 0.2) is 0 Å². The Hall–Kier alpha value is -0.470. The molecule has 0 radical (unpaired) electrons. The predicted octanol–water partition coefficient (Wildman–Crippen LogP) is 0.705. The Bertz CT molecular complexity index is 417. The fraction of sp³-hybridized carbons (Fsp3) is 0.600. The van der Waals surface area contributed by atoms with Crippen molar-refractivity contribution in [3.63, 3.8) is 0 Å². The number of hydrogen-bond acceptors (Lipinski definition) is 4. The molecular weight excluding hydrogens is 258 g/mol. The highest BCUT2D eigenvalue weighted by Gasteiger charge is 2.23. The van der Waals surface area contributed by atoms with E-state index in [1.54, 1.807) is 25.4 Å². The van der Waals surface area contributed by atoms with Gasteiger partial charge in [0.2, 0.25) is 0 Å². The minimum absolute atomic E-state index is 0.410. The van der Waals surface area contributed by atoms with Gasteiger partial charge in [0.05, 0.1) is 0 Å². The topological polar surface area (TPSA) is 66.6 Å². The van der Waals surface area contributed by atoms with Crippen LogP contribution in [-0.2, 0) is 16.8 Å². The lowest BCUT2D eigenvalue weighted by Gasteiger charge is -2.23. The standard InChI is InChI=1S/C10H19N3O2S2/c1-12(7-4-6-11)17(14,15)13(2)9-10-5-3-8-16-10/h3,5,8H,4,6-7,9,11H2,1-2H3. The first kappa shape index (κ1) is 14.6. The van der Waals surface area contributed by atoms with E-state index in [4.69, 9.17) is 5.73 Å². The smallest absolute Gasteiger partial charge is 0.281 e. The summed E-state index contributed by atoms with van der Waals surface area (Å²) in [6.07, 6.45) is 0.669. The highest BCUT2D eigenvalue weighted by Crippen LogP contribution is 2.14. The van der Waals surface area contributed by atoms with Crippen molar-refractivity contribution in [1.29, 1.82) is 0 Å². The molecule has 17 heavy (non-hydrogen) atoms. The predicted molar refractivity (Wildman–Crippen MR) is 71.0 cm³/mol. The lowest BCUT2D eigenvalue weighted by Crippen LogP contribution is -2.39. The second-order valence-electron chi connectivity index (χ2n) is 3.81. The highest BCUT2D eigenvalue weighted by molar-refractivity contribution is 7.86.